The molecule has 2 rings (SSSR count). The summed E-state index contributed by atoms with van der Waals surface area (Å²) in [5, 5.41) is 4.05. The molecule has 0 saturated heterocycles. The number of ether oxygens (including phenoxy) is 1. The maximum absolute atomic E-state index is 11.8. The first-order chi connectivity index (χ1) is 8.16. The molecule has 0 aliphatic rings. The number of rotatable bonds is 4. The zero-order chi connectivity index (χ0) is 12.3. The van der Waals surface area contributed by atoms with E-state index < -0.39 is 0 Å². The first-order valence-electron chi connectivity index (χ1n) is 5.39. The molecule has 5 nitrogen and oxygen atoms in total. The van der Waals surface area contributed by atoms with Crippen molar-refractivity contribution in [2.24, 2.45) is 0 Å². The molecule has 0 radical (unpaired) electrons. The summed E-state index contributed by atoms with van der Waals surface area (Å²) in [5.41, 5.74) is 0.470. The Kier molecular flexibility index (Phi) is 3.27. The van der Waals surface area contributed by atoms with E-state index in [4.69, 9.17) is 9.15 Å². The maximum atomic E-state index is 11.8. The molecule has 0 aliphatic carbocycles. The van der Waals surface area contributed by atoms with Crippen molar-refractivity contribution in [2.75, 3.05) is 0 Å². The fraction of sp³-hybridized carbons (Fsp3) is 0.333. The summed E-state index contributed by atoms with van der Waals surface area (Å²) in [5.74, 6) is 0.206. The molecule has 90 valence electrons. The van der Waals surface area contributed by atoms with Crippen LogP contribution in [0, 0.1) is 6.92 Å². The Morgan fingerprint density at radius 2 is 2.47 bits per heavy atom. The lowest BCUT2D eigenvalue weighted by atomic mass is 10.2. The number of aromatic nitrogens is 2. The summed E-state index contributed by atoms with van der Waals surface area (Å²) in [7, 11) is 0. The van der Waals surface area contributed by atoms with Gasteiger partial charge in [-0.1, -0.05) is 0 Å². The first-order valence-corrected chi connectivity index (χ1v) is 5.39. The molecule has 5 heteroatoms. The molecule has 1 atom stereocenters. The fourth-order valence-corrected chi connectivity index (χ4v) is 1.55. The van der Waals surface area contributed by atoms with Crippen LogP contribution in [0.5, 0.6) is 0 Å². The highest BCUT2D eigenvalue weighted by atomic mass is 16.5. The van der Waals surface area contributed by atoms with Gasteiger partial charge in [-0.25, -0.2) is 4.79 Å². The minimum atomic E-state index is -0.365. The van der Waals surface area contributed by atoms with E-state index in [2.05, 4.69) is 5.10 Å². The summed E-state index contributed by atoms with van der Waals surface area (Å²) in [6.07, 6.45) is 4.75. The van der Waals surface area contributed by atoms with Gasteiger partial charge in [-0.05, 0) is 26.0 Å². The van der Waals surface area contributed by atoms with Crippen molar-refractivity contribution in [3.8, 4) is 0 Å². The Morgan fingerprint density at radius 3 is 3.06 bits per heavy atom. The molecule has 0 unspecified atom stereocenters. The Hall–Kier alpha value is -2.04. The van der Waals surface area contributed by atoms with Crippen LogP contribution in [0.4, 0.5) is 0 Å². The van der Waals surface area contributed by atoms with Gasteiger partial charge in [0.25, 0.3) is 0 Å². The standard InChI is InChI=1S/C12H14N2O3/c1-9(8-14-6-3-5-13-14)17-12(15)11-4-7-16-10(11)2/h3-7,9H,8H2,1-2H3/t9-/m0/s1. The monoisotopic (exact) mass is 234 g/mol. The fourth-order valence-electron chi connectivity index (χ4n) is 1.55. The second-order valence-corrected chi connectivity index (χ2v) is 3.83. The SMILES string of the molecule is Cc1occc1C(=O)O[C@@H](C)Cn1cccn1. The van der Waals surface area contributed by atoms with Crippen LogP contribution >= 0.6 is 0 Å². The second-order valence-electron chi connectivity index (χ2n) is 3.83. The molecule has 2 aromatic rings. The second kappa shape index (κ2) is 4.86. The molecule has 0 aliphatic heterocycles. The van der Waals surface area contributed by atoms with Crippen molar-refractivity contribution in [2.45, 2.75) is 26.5 Å². The summed E-state index contributed by atoms with van der Waals surface area (Å²) < 4.78 is 12.1. The largest absolute Gasteiger partial charge is 0.469 e. The van der Waals surface area contributed by atoms with E-state index in [0.717, 1.165) is 0 Å². The summed E-state index contributed by atoms with van der Waals surface area (Å²) >= 11 is 0. The van der Waals surface area contributed by atoms with Crippen LogP contribution in [0.15, 0.2) is 35.2 Å². The minimum absolute atomic E-state index is 0.239. The normalized spacial score (nSPS) is 12.4. The maximum Gasteiger partial charge on any atom is 0.342 e. The highest BCUT2D eigenvalue weighted by Crippen LogP contribution is 2.11. The van der Waals surface area contributed by atoms with Gasteiger partial charge in [-0.15, -0.1) is 0 Å². The topological polar surface area (TPSA) is 57.3 Å². The van der Waals surface area contributed by atoms with Crippen molar-refractivity contribution in [1.82, 2.24) is 9.78 Å². The molecule has 0 aromatic carbocycles. The van der Waals surface area contributed by atoms with Gasteiger partial charge in [-0.3, -0.25) is 4.68 Å². The van der Waals surface area contributed by atoms with Crippen LogP contribution in [0.1, 0.15) is 23.0 Å². The number of hydrogen-bond acceptors (Lipinski definition) is 4. The van der Waals surface area contributed by atoms with Gasteiger partial charge < -0.3 is 9.15 Å². The summed E-state index contributed by atoms with van der Waals surface area (Å²) in [6.45, 7) is 4.10. The van der Waals surface area contributed by atoms with E-state index in [9.17, 15) is 4.79 Å². The van der Waals surface area contributed by atoms with E-state index in [0.29, 0.717) is 17.9 Å². The molecule has 0 spiro atoms. The number of carbonyl (C=O) groups is 1. The number of hydrogen-bond donors (Lipinski definition) is 0. The number of nitrogens with zero attached hydrogens (tertiary/aromatic N) is 2. The average molecular weight is 234 g/mol. The van der Waals surface area contributed by atoms with Crippen LogP contribution in [-0.2, 0) is 11.3 Å². The van der Waals surface area contributed by atoms with Crippen molar-refractivity contribution in [1.29, 1.82) is 0 Å². The van der Waals surface area contributed by atoms with Gasteiger partial charge in [-0.2, -0.15) is 5.10 Å². The summed E-state index contributed by atoms with van der Waals surface area (Å²) in [4.78, 5) is 11.8. The lowest BCUT2D eigenvalue weighted by Gasteiger charge is -2.12. The Labute approximate surface area is 99.0 Å². The number of aryl methyl sites for hydroxylation is 1. The molecule has 2 heterocycles. The van der Waals surface area contributed by atoms with Gasteiger partial charge in [0.15, 0.2) is 0 Å². The van der Waals surface area contributed by atoms with Crippen molar-refractivity contribution in [3.63, 3.8) is 0 Å². The van der Waals surface area contributed by atoms with Crippen LogP contribution in [-0.4, -0.2) is 21.9 Å². The van der Waals surface area contributed by atoms with E-state index in [1.165, 1.54) is 6.26 Å². The number of carbonyl (C=O) groups excluding carboxylic acids is 1. The Bertz CT molecular complexity index is 488. The molecular weight excluding hydrogens is 220 g/mol. The number of furan rings is 1. The zero-order valence-corrected chi connectivity index (χ0v) is 9.79. The van der Waals surface area contributed by atoms with Crippen molar-refractivity contribution in [3.05, 3.63) is 42.1 Å². The smallest absolute Gasteiger partial charge is 0.342 e. The van der Waals surface area contributed by atoms with E-state index in [1.807, 2.05) is 19.2 Å². The lowest BCUT2D eigenvalue weighted by Crippen LogP contribution is -2.21. The van der Waals surface area contributed by atoms with E-state index >= 15 is 0 Å². The van der Waals surface area contributed by atoms with Crippen molar-refractivity contribution < 1.29 is 13.9 Å². The molecular formula is C12H14N2O3. The van der Waals surface area contributed by atoms with Gasteiger partial charge in [0.2, 0.25) is 0 Å². The van der Waals surface area contributed by atoms with Crippen LogP contribution in [0.25, 0.3) is 0 Å². The van der Waals surface area contributed by atoms with Crippen molar-refractivity contribution >= 4 is 5.97 Å². The molecule has 2 aromatic heterocycles. The minimum Gasteiger partial charge on any atom is -0.469 e. The van der Waals surface area contributed by atoms with Gasteiger partial charge >= 0.3 is 5.97 Å². The van der Waals surface area contributed by atoms with Gasteiger partial charge in [0.1, 0.15) is 17.4 Å². The molecule has 0 saturated carbocycles. The van der Waals surface area contributed by atoms with Crippen LogP contribution in [0.3, 0.4) is 0 Å². The van der Waals surface area contributed by atoms with Crippen LogP contribution < -0.4 is 0 Å². The third-order valence-electron chi connectivity index (χ3n) is 2.39. The predicted octanol–water partition coefficient (Wildman–Crippen LogP) is 2.03. The van der Waals surface area contributed by atoms with E-state index in [1.54, 1.807) is 23.9 Å². The zero-order valence-electron chi connectivity index (χ0n) is 9.79. The quantitative estimate of drug-likeness (QED) is 0.759. The van der Waals surface area contributed by atoms with Gasteiger partial charge in [0.05, 0.1) is 12.8 Å². The average Bonchev–Trinajstić information content (AvgIpc) is 2.88. The number of esters is 1. The first kappa shape index (κ1) is 11.4. The predicted molar refractivity (Wildman–Crippen MR) is 60.5 cm³/mol. The highest BCUT2D eigenvalue weighted by molar-refractivity contribution is 5.90. The Morgan fingerprint density at radius 1 is 1.65 bits per heavy atom. The molecule has 0 amide bonds. The highest BCUT2D eigenvalue weighted by Gasteiger charge is 2.16. The molecule has 17 heavy (non-hydrogen) atoms. The van der Waals surface area contributed by atoms with Gasteiger partial charge in [0, 0.05) is 12.4 Å². The lowest BCUT2D eigenvalue weighted by molar-refractivity contribution is 0.0297. The third kappa shape index (κ3) is 2.75. The molecule has 0 N–H and O–H groups in total. The van der Waals surface area contributed by atoms with Crippen LogP contribution in [0.2, 0.25) is 0 Å². The Balaban J connectivity index is 1.93. The van der Waals surface area contributed by atoms with E-state index in [-0.39, 0.29) is 12.1 Å². The summed E-state index contributed by atoms with van der Waals surface area (Å²) in [6, 6.07) is 3.44. The molecule has 0 fully saturated rings. The molecule has 0 bridgehead atoms. The third-order valence-corrected chi connectivity index (χ3v) is 2.39.